The molecule has 0 bridgehead atoms. The third-order valence-electron chi connectivity index (χ3n) is 3.34. The Morgan fingerprint density at radius 2 is 2.11 bits per heavy atom. The molecule has 0 aromatic rings. The fraction of sp³-hybridized carbons (Fsp3) is 0.833. The van der Waals surface area contributed by atoms with Gasteiger partial charge in [0.15, 0.2) is 0 Å². The molecule has 0 saturated carbocycles. The summed E-state index contributed by atoms with van der Waals surface area (Å²) in [6, 6.07) is 0.0918. The number of nitrogens with one attached hydrogen (secondary N) is 3. The van der Waals surface area contributed by atoms with Crippen LogP contribution in [0.1, 0.15) is 25.7 Å². The Morgan fingerprint density at radius 3 is 2.83 bits per heavy atom. The maximum Gasteiger partial charge on any atom is 0.321 e. The lowest BCUT2D eigenvalue weighted by atomic mass is 10.1. The molecule has 0 aromatic heterocycles. The lowest BCUT2D eigenvalue weighted by Crippen LogP contribution is -2.40. The van der Waals surface area contributed by atoms with Gasteiger partial charge >= 0.3 is 6.03 Å². The van der Waals surface area contributed by atoms with Crippen LogP contribution in [0, 0.1) is 0 Å². The zero-order valence-corrected chi connectivity index (χ0v) is 11.3. The third kappa shape index (κ3) is 5.46. The largest absolute Gasteiger partial charge is 0.341 e. The first-order valence-corrected chi connectivity index (χ1v) is 6.56. The summed E-state index contributed by atoms with van der Waals surface area (Å²) >= 11 is 0. The van der Waals surface area contributed by atoms with Gasteiger partial charge in [-0.1, -0.05) is 0 Å². The lowest BCUT2D eigenvalue weighted by molar-refractivity contribution is -0.120. The maximum absolute atomic E-state index is 11.5. The monoisotopic (exact) mass is 256 g/mol. The molecule has 1 rings (SSSR count). The van der Waals surface area contributed by atoms with Crippen molar-refractivity contribution in [3.05, 3.63) is 0 Å². The normalized spacial score (nSPS) is 20.3. The van der Waals surface area contributed by atoms with E-state index in [-0.39, 0.29) is 5.91 Å². The zero-order chi connectivity index (χ0) is 13.4. The van der Waals surface area contributed by atoms with E-state index < -0.39 is 6.03 Å². The Kier molecular flexibility index (Phi) is 6.67. The molecule has 6 heteroatoms. The Bertz CT molecular complexity index is 275. The Labute approximate surface area is 108 Å². The Morgan fingerprint density at radius 1 is 1.33 bits per heavy atom. The predicted octanol–water partition coefficient (Wildman–Crippen LogP) is -0.0940. The van der Waals surface area contributed by atoms with E-state index in [1.165, 1.54) is 19.9 Å². The summed E-state index contributed by atoms with van der Waals surface area (Å²) in [6.07, 6.45) is 3.82. The summed E-state index contributed by atoms with van der Waals surface area (Å²) in [5.41, 5.74) is 0. The van der Waals surface area contributed by atoms with Crippen LogP contribution in [0.5, 0.6) is 0 Å². The average Bonchev–Trinajstić information content (AvgIpc) is 2.64. The molecule has 1 atom stereocenters. The van der Waals surface area contributed by atoms with Gasteiger partial charge in [0.05, 0.1) is 0 Å². The molecule has 0 radical (unpaired) electrons. The molecule has 1 heterocycles. The molecule has 0 aromatic carbocycles. The number of imide groups is 1. The lowest BCUT2D eigenvalue weighted by Gasteiger charge is -2.26. The summed E-state index contributed by atoms with van der Waals surface area (Å²) in [7, 11) is 3.54. The number of amides is 3. The second-order valence-corrected chi connectivity index (χ2v) is 4.69. The molecule has 1 saturated heterocycles. The van der Waals surface area contributed by atoms with Crippen molar-refractivity contribution < 1.29 is 9.59 Å². The molecule has 3 amide bonds. The van der Waals surface area contributed by atoms with Crippen molar-refractivity contribution in [2.75, 3.05) is 33.7 Å². The van der Waals surface area contributed by atoms with Crippen molar-refractivity contribution in [1.82, 2.24) is 20.9 Å². The number of carbonyl (C=O) groups excluding carboxylic acids is 2. The molecule has 1 aliphatic heterocycles. The molecule has 18 heavy (non-hydrogen) atoms. The highest BCUT2D eigenvalue weighted by Crippen LogP contribution is 2.11. The molecule has 0 aliphatic carbocycles. The first kappa shape index (κ1) is 14.9. The maximum atomic E-state index is 11.5. The number of carbonyl (C=O) groups is 2. The summed E-state index contributed by atoms with van der Waals surface area (Å²) in [5, 5.41) is 8.01. The van der Waals surface area contributed by atoms with Crippen molar-refractivity contribution >= 4 is 11.9 Å². The van der Waals surface area contributed by atoms with E-state index in [9.17, 15) is 9.59 Å². The number of hydrogen-bond donors (Lipinski definition) is 3. The SMILES string of the molecule is CNC(=O)NC(=O)CCN(C)C1CCCNCC1. The van der Waals surface area contributed by atoms with E-state index >= 15 is 0 Å². The Hall–Kier alpha value is -1.14. The first-order valence-electron chi connectivity index (χ1n) is 6.56. The van der Waals surface area contributed by atoms with Crippen molar-refractivity contribution in [2.24, 2.45) is 0 Å². The molecule has 1 unspecified atom stereocenters. The van der Waals surface area contributed by atoms with Crippen LogP contribution >= 0.6 is 0 Å². The minimum atomic E-state index is -0.443. The van der Waals surface area contributed by atoms with Gasteiger partial charge in [-0.05, 0) is 39.4 Å². The highest BCUT2D eigenvalue weighted by molar-refractivity contribution is 5.94. The summed E-state index contributed by atoms with van der Waals surface area (Å²) in [6.45, 7) is 2.81. The molecule has 6 nitrogen and oxygen atoms in total. The summed E-state index contributed by atoms with van der Waals surface area (Å²) in [4.78, 5) is 24.6. The molecular weight excluding hydrogens is 232 g/mol. The highest BCUT2D eigenvalue weighted by atomic mass is 16.2. The number of nitrogens with zero attached hydrogens (tertiary/aromatic N) is 1. The average molecular weight is 256 g/mol. The van der Waals surface area contributed by atoms with E-state index in [0.29, 0.717) is 19.0 Å². The minimum Gasteiger partial charge on any atom is -0.341 e. The van der Waals surface area contributed by atoms with Crippen molar-refractivity contribution in [1.29, 1.82) is 0 Å². The van der Waals surface area contributed by atoms with E-state index in [1.54, 1.807) is 0 Å². The highest BCUT2D eigenvalue weighted by Gasteiger charge is 2.17. The molecule has 1 aliphatic rings. The van der Waals surface area contributed by atoms with Crippen LogP contribution in [0.2, 0.25) is 0 Å². The second-order valence-electron chi connectivity index (χ2n) is 4.69. The second kappa shape index (κ2) is 8.05. The third-order valence-corrected chi connectivity index (χ3v) is 3.34. The fourth-order valence-electron chi connectivity index (χ4n) is 2.15. The predicted molar refractivity (Wildman–Crippen MR) is 70.4 cm³/mol. The Balaban J connectivity index is 2.24. The zero-order valence-electron chi connectivity index (χ0n) is 11.3. The van der Waals surface area contributed by atoms with Crippen LogP contribution in [0.4, 0.5) is 4.79 Å². The minimum absolute atomic E-state index is 0.229. The van der Waals surface area contributed by atoms with Crippen LogP contribution in [0.15, 0.2) is 0 Å². The number of hydrogen-bond acceptors (Lipinski definition) is 4. The number of rotatable bonds is 4. The van der Waals surface area contributed by atoms with Crippen LogP contribution in [-0.2, 0) is 4.79 Å². The summed E-state index contributed by atoms with van der Waals surface area (Å²) < 4.78 is 0. The van der Waals surface area contributed by atoms with Crippen molar-refractivity contribution in [3.63, 3.8) is 0 Å². The van der Waals surface area contributed by atoms with Crippen LogP contribution < -0.4 is 16.0 Å². The number of urea groups is 1. The van der Waals surface area contributed by atoms with E-state index in [1.807, 2.05) is 7.05 Å². The smallest absolute Gasteiger partial charge is 0.321 e. The first-order chi connectivity index (χ1) is 8.63. The van der Waals surface area contributed by atoms with Gasteiger partial charge < -0.3 is 15.5 Å². The summed E-state index contributed by atoms with van der Waals surface area (Å²) in [5.74, 6) is -0.229. The molecule has 104 valence electrons. The van der Waals surface area contributed by atoms with Gasteiger partial charge in [-0.3, -0.25) is 10.1 Å². The van der Waals surface area contributed by atoms with Crippen molar-refractivity contribution in [3.8, 4) is 0 Å². The molecular formula is C12H24N4O2. The fourth-order valence-corrected chi connectivity index (χ4v) is 2.15. The van der Waals surface area contributed by atoms with E-state index in [4.69, 9.17) is 0 Å². The van der Waals surface area contributed by atoms with Gasteiger partial charge in [-0.15, -0.1) is 0 Å². The van der Waals surface area contributed by atoms with Crippen LogP contribution in [0.3, 0.4) is 0 Å². The van der Waals surface area contributed by atoms with Gasteiger partial charge in [0.25, 0.3) is 0 Å². The van der Waals surface area contributed by atoms with Gasteiger partial charge in [0.2, 0.25) is 5.91 Å². The molecule has 1 fully saturated rings. The standard InChI is InChI=1S/C12H24N4O2/c1-13-12(18)15-11(17)6-9-16(2)10-4-3-7-14-8-5-10/h10,14H,3-9H2,1-2H3,(H2,13,15,17,18). The topological polar surface area (TPSA) is 73.5 Å². The molecule has 0 spiro atoms. The molecule has 3 N–H and O–H groups in total. The van der Waals surface area contributed by atoms with Crippen LogP contribution in [-0.4, -0.2) is 56.6 Å². The van der Waals surface area contributed by atoms with Gasteiger partial charge in [-0.25, -0.2) is 4.79 Å². The van der Waals surface area contributed by atoms with Gasteiger partial charge in [-0.2, -0.15) is 0 Å². The van der Waals surface area contributed by atoms with E-state index in [0.717, 1.165) is 19.5 Å². The van der Waals surface area contributed by atoms with E-state index in [2.05, 4.69) is 20.9 Å². The van der Waals surface area contributed by atoms with Gasteiger partial charge in [0.1, 0.15) is 0 Å². The quantitative estimate of drug-likeness (QED) is 0.657. The van der Waals surface area contributed by atoms with Crippen molar-refractivity contribution in [2.45, 2.75) is 31.7 Å². The van der Waals surface area contributed by atoms with Gasteiger partial charge in [0, 0.05) is 26.1 Å². The van der Waals surface area contributed by atoms with Crippen LogP contribution in [0.25, 0.3) is 0 Å².